The molecule has 4 heteroatoms. The van der Waals surface area contributed by atoms with Gasteiger partial charge in [0, 0.05) is 11.7 Å². The maximum Gasteiger partial charge on any atom is 0.139 e. The molecule has 0 atom stereocenters. The summed E-state index contributed by atoms with van der Waals surface area (Å²) in [5, 5.41) is 0. The highest BCUT2D eigenvalue weighted by Crippen LogP contribution is 2.64. The summed E-state index contributed by atoms with van der Waals surface area (Å²) in [6.45, 7) is 7.98. The maximum absolute atomic E-state index is 5.98. The van der Waals surface area contributed by atoms with E-state index in [-0.39, 0.29) is 11.7 Å². The van der Waals surface area contributed by atoms with E-state index in [0.29, 0.717) is 0 Å². The summed E-state index contributed by atoms with van der Waals surface area (Å²) in [4.78, 5) is 0. The Hall–Kier alpha value is 0.810. The highest BCUT2D eigenvalue weighted by Gasteiger charge is 2.16. The Morgan fingerprint density at radius 2 is 1.50 bits per heavy atom. The smallest absolute Gasteiger partial charge is 0.139 e. The Kier molecular flexibility index (Phi) is 4.32. The monoisotopic (exact) mass is 201 g/mol. The molecule has 10 heavy (non-hydrogen) atoms. The fraction of sp³-hybridized carbons (Fsp3) is 1.00. The molecule has 0 amide bonds. The van der Waals surface area contributed by atoms with Gasteiger partial charge in [-0.3, -0.25) is 4.74 Å². The molecular formula is C6H14Cl2NP. The quantitative estimate of drug-likeness (QED) is 0.591. The van der Waals surface area contributed by atoms with Crippen LogP contribution in [0.4, 0.5) is 0 Å². The van der Waals surface area contributed by atoms with Crippen molar-refractivity contribution in [3.63, 3.8) is 0 Å². The number of hydrogen-bond donors (Lipinski definition) is 0. The van der Waals surface area contributed by atoms with Gasteiger partial charge in [-0.2, -0.15) is 0 Å². The first-order chi connectivity index (χ1) is 4.36. The lowest BCUT2D eigenvalue weighted by Crippen LogP contribution is -1.92. The molecule has 0 N–H and O–H groups in total. The largest absolute Gasteiger partial charge is 0.270 e. The fourth-order valence-corrected chi connectivity index (χ4v) is 2.37. The van der Waals surface area contributed by atoms with Crippen LogP contribution in [0.15, 0.2) is 4.74 Å². The van der Waals surface area contributed by atoms with Gasteiger partial charge in [0.25, 0.3) is 0 Å². The average molecular weight is 202 g/mol. The van der Waals surface area contributed by atoms with Crippen molar-refractivity contribution < 1.29 is 0 Å². The highest BCUT2D eigenvalue weighted by atomic mass is 35.9. The van der Waals surface area contributed by atoms with Crippen molar-refractivity contribution in [1.29, 1.82) is 0 Å². The zero-order valence-corrected chi connectivity index (χ0v) is 9.21. The summed E-state index contributed by atoms with van der Waals surface area (Å²) in [6.07, 6.45) is 0. The van der Waals surface area contributed by atoms with E-state index in [4.69, 9.17) is 22.5 Å². The van der Waals surface area contributed by atoms with E-state index in [2.05, 4.69) is 4.74 Å². The summed E-state index contributed by atoms with van der Waals surface area (Å²) in [7, 11) is 0. The van der Waals surface area contributed by atoms with E-state index in [9.17, 15) is 0 Å². The molecule has 0 aromatic rings. The maximum atomic E-state index is 5.98. The molecule has 0 aliphatic carbocycles. The minimum absolute atomic E-state index is 0.241. The minimum Gasteiger partial charge on any atom is -0.270 e. The molecule has 0 aromatic heterocycles. The third kappa shape index (κ3) is 3.85. The molecule has 0 bridgehead atoms. The molecule has 0 aliphatic heterocycles. The van der Waals surface area contributed by atoms with E-state index in [0.717, 1.165) is 0 Å². The van der Waals surface area contributed by atoms with Crippen molar-refractivity contribution in [2.75, 3.05) is 0 Å². The van der Waals surface area contributed by atoms with E-state index < -0.39 is 5.76 Å². The van der Waals surface area contributed by atoms with Crippen LogP contribution in [0.25, 0.3) is 0 Å². The molecule has 0 unspecified atom stereocenters. The molecule has 0 fully saturated rings. The standard InChI is InChI=1S/C6H14Cl2NP/c1-5(2)9-10(7,8)6(3)4/h5-6H,1-4H3. The van der Waals surface area contributed by atoms with Gasteiger partial charge in [-0.1, -0.05) is 36.3 Å². The fourth-order valence-electron chi connectivity index (χ4n) is 0.441. The number of rotatable bonds is 2. The van der Waals surface area contributed by atoms with Gasteiger partial charge < -0.3 is 0 Å². The van der Waals surface area contributed by atoms with E-state index in [1.807, 2.05) is 27.7 Å². The molecule has 0 radical (unpaired) electrons. The lowest BCUT2D eigenvalue weighted by atomic mass is 10.4. The third-order valence-electron chi connectivity index (χ3n) is 1.01. The van der Waals surface area contributed by atoms with Crippen LogP contribution in [0.5, 0.6) is 0 Å². The molecule has 0 heterocycles. The van der Waals surface area contributed by atoms with Crippen LogP contribution in [0.3, 0.4) is 0 Å². The van der Waals surface area contributed by atoms with Gasteiger partial charge in [-0.05, 0) is 13.8 Å². The minimum atomic E-state index is -2.00. The molecule has 62 valence electrons. The predicted octanol–water partition coefficient (Wildman–Crippen LogP) is 4.31. The van der Waals surface area contributed by atoms with E-state index in [1.165, 1.54) is 0 Å². The lowest BCUT2D eigenvalue weighted by molar-refractivity contribution is 0.845. The molecule has 0 spiro atoms. The Bertz CT molecular complexity index is 148. The topological polar surface area (TPSA) is 12.4 Å². The zero-order chi connectivity index (χ0) is 8.36. The van der Waals surface area contributed by atoms with Gasteiger partial charge >= 0.3 is 0 Å². The molecule has 0 saturated heterocycles. The number of hydrogen-bond acceptors (Lipinski definition) is 1. The van der Waals surface area contributed by atoms with Gasteiger partial charge in [-0.15, -0.1) is 0 Å². The highest BCUT2D eigenvalue weighted by molar-refractivity contribution is 8.10. The van der Waals surface area contributed by atoms with Crippen molar-refractivity contribution in [2.45, 2.75) is 39.4 Å². The molecule has 0 rings (SSSR count). The first-order valence-electron chi connectivity index (χ1n) is 3.36. The van der Waals surface area contributed by atoms with E-state index >= 15 is 0 Å². The molecular weight excluding hydrogens is 188 g/mol. The van der Waals surface area contributed by atoms with E-state index in [1.54, 1.807) is 0 Å². The average Bonchev–Trinajstić information content (AvgIpc) is 1.60. The second kappa shape index (κ2) is 3.99. The summed E-state index contributed by atoms with van der Waals surface area (Å²) >= 11 is 12.0. The van der Waals surface area contributed by atoms with Gasteiger partial charge in [0.15, 0.2) is 0 Å². The normalized spacial score (nSPS) is 12.8. The first kappa shape index (κ1) is 10.8. The van der Waals surface area contributed by atoms with Crippen LogP contribution in [0.1, 0.15) is 27.7 Å². The van der Waals surface area contributed by atoms with Gasteiger partial charge in [0.2, 0.25) is 0 Å². The second-order valence-electron chi connectivity index (χ2n) is 2.83. The number of nitrogens with zero attached hydrogens (tertiary/aromatic N) is 1. The summed E-state index contributed by atoms with van der Waals surface area (Å²) in [5.41, 5.74) is 0.276. The van der Waals surface area contributed by atoms with Crippen molar-refractivity contribution in [1.82, 2.24) is 0 Å². The summed E-state index contributed by atoms with van der Waals surface area (Å²) < 4.78 is 4.25. The van der Waals surface area contributed by atoms with Gasteiger partial charge in [0.1, 0.15) is 5.76 Å². The number of halogens is 2. The van der Waals surface area contributed by atoms with Crippen LogP contribution in [-0.4, -0.2) is 11.7 Å². The van der Waals surface area contributed by atoms with Crippen molar-refractivity contribution in [2.24, 2.45) is 4.74 Å². The summed E-state index contributed by atoms with van der Waals surface area (Å²) in [6, 6.07) is 0.241. The Morgan fingerprint density at radius 3 is 1.60 bits per heavy atom. The van der Waals surface area contributed by atoms with Crippen molar-refractivity contribution in [3.8, 4) is 0 Å². The van der Waals surface area contributed by atoms with Crippen LogP contribution < -0.4 is 0 Å². The Labute approximate surface area is 72.7 Å². The molecule has 0 saturated carbocycles. The van der Waals surface area contributed by atoms with Crippen molar-refractivity contribution >= 4 is 28.2 Å². The zero-order valence-electron chi connectivity index (χ0n) is 6.81. The third-order valence-corrected chi connectivity index (χ3v) is 5.88. The van der Waals surface area contributed by atoms with Crippen LogP contribution in [0.2, 0.25) is 0 Å². The SMILES string of the molecule is CC(C)N=P(Cl)(Cl)C(C)C. The molecule has 0 aromatic carbocycles. The second-order valence-corrected chi connectivity index (χ2v) is 8.76. The van der Waals surface area contributed by atoms with Crippen LogP contribution in [-0.2, 0) is 0 Å². The van der Waals surface area contributed by atoms with Gasteiger partial charge in [-0.25, -0.2) is 0 Å². The predicted molar refractivity (Wildman–Crippen MR) is 51.3 cm³/mol. The Balaban J connectivity index is 4.37. The first-order valence-corrected chi connectivity index (χ1v) is 6.98. The molecule has 0 aliphatic rings. The lowest BCUT2D eigenvalue weighted by Gasteiger charge is -2.14. The Morgan fingerprint density at radius 1 is 1.10 bits per heavy atom. The summed E-state index contributed by atoms with van der Waals surface area (Å²) in [5.74, 6) is -2.00. The van der Waals surface area contributed by atoms with Crippen molar-refractivity contribution in [3.05, 3.63) is 0 Å². The van der Waals surface area contributed by atoms with Crippen LogP contribution >= 0.6 is 28.2 Å². The van der Waals surface area contributed by atoms with Crippen LogP contribution in [0, 0.1) is 0 Å². The molecule has 1 nitrogen and oxygen atoms in total. The van der Waals surface area contributed by atoms with Gasteiger partial charge in [0.05, 0.1) is 0 Å².